The lowest BCUT2D eigenvalue weighted by Gasteiger charge is -2.21. The molecule has 0 unspecified atom stereocenters. The molecule has 3 aromatic rings. The van der Waals surface area contributed by atoms with Crippen molar-refractivity contribution >= 4 is 27.6 Å². The highest BCUT2D eigenvalue weighted by atomic mass is 16.5. The first-order valence-electron chi connectivity index (χ1n) is 6.57. The van der Waals surface area contributed by atoms with E-state index < -0.39 is 0 Å². The van der Waals surface area contributed by atoms with Crippen molar-refractivity contribution in [3.8, 4) is 5.75 Å². The summed E-state index contributed by atoms with van der Waals surface area (Å²) in [5.74, 6) is 1.18. The predicted octanol–water partition coefficient (Wildman–Crippen LogP) is 3.54. The molecule has 0 aliphatic carbocycles. The summed E-state index contributed by atoms with van der Waals surface area (Å²) in [6.07, 6.45) is 1.69. The molecule has 0 fully saturated rings. The van der Waals surface area contributed by atoms with Crippen LogP contribution in [-0.2, 0) is 0 Å². The van der Waals surface area contributed by atoms with Crippen molar-refractivity contribution in [1.82, 2.24) is 9.97 Å². The second-order valence-electron chi connectivity index (χ2n) is 5.80. The van der Waals surface area contributed by atoms with E-state index in [1.807, 2.05) is 51.1 Å². The van der Waals surface area contributed by atoms with Crippen LogP contribution in [-0.4, -0.2) is 15.6 Å². The molecule has 1 aromatic carbocycles. The highest BCUT2D eigenvalue weighted by molar-refractivity contribution is 6.08. The standard InChI is InChI=1S/C16H17N3O/c1-16(2,3)20-10-8-12-11-6-4-5-7-13(11)19-15(17)14(12)18-9-10/h4-9H,1-3H3,(H2,17,19). The molecule has 3 rings (SSSR count). The van der Waals surface area contributed by atoms with Gasteiger partial charge in [-0.1, -0.05) is 18.2 Å². The van der Waals surface area contributed by atoms with E-state index in [4.69, 9.17) is 10.5 Å². The molecule has 20 heavy (non-hydrogen) atoms. The number of benzene rings is 1. The molecule has 0 saturated carbocycles. The number of anilines is 1. The van der Waals surface area contributed by atoms with Gasteiger partial charge in [0, 0.05) is 10.8 Å². The van der Waals surface area contributed by atoms with E-state index in [1.165, 1.54) is 0 Å². The third-order valence-electron chi connectivity index (χ3n) is 2.96. The van der Waals surface area contributed by atoms with Gasteiger partial charge >= 0.3 is 0 Å². The Kier molecular flexibility index (Phi) is 2.74. The first-order valence-corrected chi connectivity index (χ1v) is 6.57. The van der Waals surface area contributed by atoms with Crippen LogP contribution in [0.15, 0.2) is 36.5 Å². The van der Waals surface area contributed by atoms with Gasteiger partial charge in [-0.3, -0.25) is 0 Å². The van der Waals surface area contributed by atoms with Crippen molar-refractivity contribution in [2.75, 3.05) is 5.73 Å². The molecule has 0 radical (unpaired) electrons. The molecule has 4 nitrogen and oxygen atoms in total. The highest BCUT2D eigenvalue weighted by Gasteiger charge is 2.14. The van der Waals surface area contributed by atoms with Crippen LogP contribution in [0.25, 0.3) is 21.8 Å². The van der Waals surface area contributed by atoms with Gasteiger partial charge in [0.1, 0.15) is 16.9 Å². The Morgan fingerprint density at radius 1 is 1.10 bits per heavy atom. The lowest BCUT2D eigenvalue weighted by molar-refractivity contribution is 0.130. The second kappa shape index (κ2) is 4.34. The van der Waals surface area contributed by atoms with E-state index in [1.54, 1.807) is 6.20 Å². The zero-order valence-corrected chi connectivity index (χ0v) is 11.8. The molecule has 4 heteroatoms. The highest BCUT2D eigenvalue weighted by Crippen LogP contribution is 2.30. The van der Waals surface area contributed by atoms with Crippen LogP contribution >= 0.6 is 0 Å². The number of pyridine rings is 2. The first-order chi connectivity index (χ1) is 9.44. The molecule has 0 aliphatic rings. The van der Waals surface area contributed by atoms with Crippen LogP contribution in [0.2, 0.25) is 0 Å². The number of ether oxygens (including phenoxy) is 1. The number of para-hydroxylation sites is 1. The summed E-state index contributed by atoms with van der Waals surface area (Å²) in [7, 11) is 0. The van der Waals surface area contributed by atoms with Gasteiger partial charge < -0.3 is 10.5 Å². The minimum atomic E-state index is -0.260. The van der Waals surface area contributed by atoms with E-state index in [2.05, 4.69) is 9.97 Å². The lowest BCUT2D eigenvalue weighted by Crippen LogP contribution is -2.23. The van der Waals surface area contributed by atoms with Crippen LogP contribution < -0.4 is 10.5 Å². The van der Waals surface area contributed by atoms with Gasteiger partial charge in [-0.15, -0.1) is 0 Å². The van der Waals surface area contributed by atoms with Gasteiger partial charge in [0.25, 0.3) is 0 Å². The average molecular weight is 267 g/mol. The fourth-order valence-electron chi connectivity index (χ4n) is 2.25. The number of rotatable bonds is 1. The van der Waals surface area contributed by atoms with E-state index in [9.17, 15) is 0 Å². The number of hydrogen-bond acceptors (Lipinski definition) is 4. The average Bonchev–Trinajstić information content (AvgIpc) is 2.37. The summed E-state index contributed by atoms with van der Waals surface area (Å²) in [4.78, 5) is 8.79. The summed E-state index contributed by atoms with van der Waals surface area (Å²) in [6.45, 7) is 6.03. The molecule has 2 aromatic heterocycles. The summed E-state index contributed by atoms with van der Waals surface area (Å²) in [6, 6.07) is 9.88. The van der Waals surface area contributed by atoms with Crippen molar-refractivity contribution < 1.29 is 4.74 Å². The third kappa shape index (κ3) is 2.25. The third-order valence-corrected chi connectivity index (χ3v) is 2.96. The maximum atomic E-state index is 5.99. The Labute approximate surface area is 117 Å². The van der Waals surface area contributed by atoms with Gasteiger partial charge in [-0.25, -0.2) is 9.97 Å². The molecule has 0 spiro atoms. The molecule has 0 bridgehead atoms. The van der Waals surface area contributed by atoms with Crippen molar-refractivity contribution in [1.29, 1.82) is 0 Å². The molecule has 0 amide bonds. The summed E-state index contributed by atoms with van der Waals surface area (Å²) < 4.78 is 5.87. The van der Waals surface area contributed by atoms with Crippen LogP contribution in [0.1, 0.15) is 20.8 Å². The molecular weight excluding hydrogens is 250 g/mol. The largest absolute Gasteiger partial charge is 0.487 e. The van der Waals surface area contributed by atoms with Crippen LogP contribution in [0.3, 0.4) is 0 Å². The van der Waals surface area contributed by atoms with E-state index in [0.717, 1.165) is 22.0 Å². The minimum absolute atomic E-state index is 0.260. The van der Waals surface area contributed by atoms with Crippen LogP contribution in [0.4, 0.5) is 5.82 Å². The quantitative estimate of drug-likeness (QED) is 0.685. The van der Waals surface area contributed by atoms with Crippen molar-refractivity contribution in [3.63, 3.8) is 0 Å². The zero-order chi connectivity index (χ0) is 14.3. The molecule has 0 aliphatic heterocycles. The number of nitrogen functional groups attached to an aromatic ring is 1. The predicted molar refractivity (Wildman–Crippen MR) is 81.8 cm³/mol. The van der Waals surface area contributed by atoms with E-state index >= 15 is 0 Å². The van der Waals surface area contributed by atoms with Gasteiger partial charge in [0.05, 0.1) is 11.7 Å². The van der Waals surface area contributed by atoms with Gasteiger partial charge in [0.15, 0.2) is 5.82 Å². The fraction of sp³-hybridized carbons (Fsp3) is 0.250. The molecule has 2 heterocycles. The Morgan fingerprint density at radius 3 is 2.60 bits per heavy atom. The van der Waals surface area contributed by atoms with Crippen molar-refractivity contribution in [2.45, 2.75) is 26.4 Å². The number of nitrogens with zero attached hydrogens (tertiary/aromatic N) is 2. The van der Waals surface area contributed by atoms with Crippen LogP contribution in [0.5, 0.6) is 5.75 Å². The van der Waals surface area contributed by atoms with E-state index in [-0.39, 0.29) is 5.60 Å². The topological polar surface area (TPSA) is 61.0 Å². The maximum absolute atomic E-state index is 5.99. The van der Waals surface area contributed by atoms with Gasteiger partial charge in [-0.05, 0) is 32.9 Å². The second-order valence-corrected chi connectivity index (χ2v) is 5.80. The zero-order valence-electron chi connectivity index (χ0n) is 11.8. The van der Waals surface area contributed by atoms with Gasteiger partial charge in [0.2, 0.25) is 0 Å². The number of nitrogens with two attached hydrogens (primary N) is 1. The smallest absolute Gasteiger partial charge is 0.150 e. The Hall–Kier alpha value is -2.36. The summed E-state index contributed by atoms with van der Waals surface area (Å²) >= 11 is 0. The molecule has 102 valence electrons. The fourth-order valence-corrected chi connectivity index (χ4v) is 2.25. The van der Waals surface area contributed by atoms with Crippen molar-refractivity contribution in [2.24, 2.45) is 0 Å². The Bertz CT molecular complexity index is 791. The molecule has 0 saturated heterocycles. The molecule has 2 N–H and O–H groups in total. The first kappa shape index (κ1) is 12.7. The number of aromatic nitrogens is 2. The SMILES string of the molecule is CC(C)(C)Oc1cnc2c(N)nc3ccccc3c2c1. The maximum Gasteiger partial charge on any atom is 0.150 e. The molecular formula is C16H17N3O. The lowest BCUT2D eigenvalue weighted by atomic mass is 10.1. The summed E-state index contributed by atoms with van der Waals surface area (Å²) in [5.41, 5.74) is 7.31. The van der Waals surface area contributed by atoms with Crippen molar-refractivity contribution in [3.05, 3.63) is 36.5 Å². The van der Waals surface area contributed by atoms with Crippen LogP contribution in [0, 0.1) is 0 Å². The van der Waals surface area contributed by atoms with Gasteiger partial charge in [-0.2, -0.15) is 0 Å². The summed E-state index contributed by atoms with van der Waals surface area (Å²) in [5, 5.41) is 2.00. The van der Waals surface area contributed by atoms with E-state index in [0.29, 0.717) is 11.3 Å². The monoisotopic (exact) mass is 267 g/mol. The Morgan fingerprint density at radius 2 is 1.85 bits per heavy atom. The number of hydrogen-bond donors (Lipinski definition) is 1. The normalized spacial score (nSPS) is 11.9. The Balaban J connectivity index is 2.28. The minimum Gasteiger partial charge on any atom is -0.487 e. The number of fused-ring (bicyclic) bond motifs is 3. The molecule has 0 atom stereocenters.